The lowest BCUT2D eigenvalue weighted by Gasteiger charge is -2.41. The number of nitrogens with one attached hydrogen (secondary N) is 1. The molecule has 46 heavy (non-hydrogen) atoms. The topological polar surface area (TPSA) is 100.0 Å². The van der Waals surface area contributed by atoms with E-state index in [1.807, 2.05) is 56.3 Å². The number of nitrogens with zero attached hydrogens (tertiary/aromatic N) is 3. The normalized spacial score (nSPS) is 20.1. The number of benzene rings is 2. The van der Waals surface area contributed by atoms with Crippen LogP contribution in [0.25, 0.3) is 33.6 Å². The Morgan fingerprint density at radius 3 is 2.52 bits per heavy atom. The first-order valence-electron chi connectivity index (χ1n) is 15.6. The minimum absolute atomic E-state index is 0.272. The van der Waals surface area contributed by atoms with Crippen molar-refractivity contribution in [3.63, 3.8) is 0 Å². The van der Waals surface area contributed by atoms with Crippen molar-refractivity contribution in [3.8, 4) is 45.3 Å². The molecule has 0 radical (unpaired) electrons. The second kappa shape index (κ2) is 13.5. The van der Waals surface area contributed by atoms with Crippen molar-refractivity contribution >= 4 is 23.2 Å². The molecule has 8 nitrogen and oxygen atoms in total. The number of hydrogen-bond acceptors (Lipinski definition) is 8. The molecule has 2 aromatic carbocycles. The number of aromatic nitrogens is 2. The highest BCUT2D eigenvalue weighted by molar-refractivity contribution is 6.39. The van der Waals surface area contributed by atoms with E-state index in [4.69, 9.17) is 37.7 Å². The van der Waals surface area contributed by atoms with E-state index in [1.165, 1.54) is 5.56 Å². The molecule has 0 saturated heterocycles. The molecule has 4 aromatic rings. The Hall–Kier alpha value is -3.24. The largest absolute Gasteiger partial charge is 0.496 e. The molecular formula is C36H40Cl2N4O4. The van der Waals surface area contributed by atoms with Crippen LogP contribution in [-0.2, 0) is 19.5 Å². The lowest BCUT2D eigenvalue weighted by Crippen LogP contribution is -2.51. The zero-order valence-corrected chi connectivity index (χ0v) is 28.1. The first-order valence-corrected chi connectivity index (χ1v) is 16.4. The van der Waals surface area contributed by atoms with Crippen LogP contribution in [0.4, 0.5) is 0 Å². The number of fused-ring (bicyclic) bond motifs is 1. The Labute approximate surface area is 280 Å². The average molecular weight is 664 g/mol. The zero-order valence-electron chi connectivity index (χ0n) is 26.6. The SMILES string of the molecule is COc1cc(-c2nccc(-c3cccc(-c4ccc(CN[C@H]5C[C@](C)(O)C5)c(OC)n4)c3Cl)c2Cl)cc2c1CN(C[C@@H](C)O)CC2. The molecule has 0 amide bonds. The van der Waals surface area contributed by atoms with Crippen molar-refractivity contribution in [2.75, 3.05) is 27.3 Å². The Morgan fingerprint density at radius 2 is 1.80 bits per heavy atom. The monoisotopic (exact) mass is 662 g/mol. The minimum Gasteiger partial charge on any atom is -0.496 e. The smallest absolute Gasteiger partial charge is 0.218 e. The first kappa shape index (κ1) is 32.7. The van der Waals surface area contributed by atoms with Crippen LogP contribution in [0, 0.1) is 0 Å². The summed E-state index contributed by atoms with van der Waals surface area (Å²) in [6.45, 7) is 6.45. The molecular weight excluding hydrogens is 623 g/mol. The van der Waals surface area contributed by atoms with Crippen molar-refractivity contribution in [2.24, 2.45) is 0 Å². The fourth-order valence-electron chi connectivity index (χ4n) is 6.66. The summed E-state index contributed by atoms with van der Waals surface area (Å²) >= 11 is 14.2. The molecule has 3 N–H and O–H groups in total. The van der Waals surface area contributed by atoms with Crippen LogP contribution in [-0.4, -0.2) is 70.1 Å². The standard InChI is InChI=1S/C36H40Cl2N4O4/c1-21(43)19-42-13-11-22-14-24(15-31(45-3)29(22)20-42)34-33(38)27(10-12-39-34)26-6-5-7-28(32(26)37)30-9-8-23(35(41-30)46-4)18-40-25-16-36(2,44)17-25/h5-10,12,14-15,21,25,40,43-44H,11,13,16-20H2,1-4H3/t21-,25-,36-/m1/s1. The third kappa shape index (κ3) is 6.74. The Morgan fingerprint density at radius 1 is 1.04 bits per heavy atom. The highest BCUT2D eigenvalue weighted by Crippen LogP contribution is 2.43. The minimum atomic E-state index is -0.583. The van der Waals surface area contributed by atoms with E-state index in [2.05, 4.69) is 21.3 Å². The highest BCUT2D eigenvalue weighted by atomic mass is 35.5. The number of β-amino-alcohol motifs (C(OH)–C–C–N with tert-alkyl or cyclic N) is 1. The number of ether oxygens (including phenoxy) is 2. The van der Waals surface area contributed by atoms with E-state index in [0.717, 1.165) is 64.9 Å². The molecule has 3 heterocycles. The molecule has 1 atom stereocenters. The van der Waals surface area contributed by atoms with Gasteiger partial charge >= 0.3 is 0 Å². The van der Waals surface area contributed by atoms with Crippen LogP contribution < -0.4 is 14.8 Å². The first-order chi connectivity index (χ1) is 22.1. The summed E-state index contributed by atoms with van der Waals surface area (Å²) in [5.41, 5.74) is 7.19. The Balaban J connectivity index is 1.29. The fraction of sp³-hybridized carbons (Fsp3) is 0.389. The fourth-order valence-corrected chi connectivity index (χ4v) is 7.30. The molecule has 0 spiro atoms. The summed E-state index contributed by atoms with van der Waals surface area (Å²) in [5.74, 6) is 1.31. The van der Waals surface area contributed by atoms with E-state index in [-0.39, 0.29) is 12.1 Å². The predicted octanol–water partition coefficient (Wildman–Crippen LogP) is 6.54. The highest BCUT2D eigenvalue weighted by Gasteiger charge is 2.38. The van der Waals surface area contributed by atoms with Gasteiger partial charge in [-0.2, -0.15) is 0 Å². The number of pyridine rings is 2. The van der Waals surface area contributed by atoms with Crippen molar-refractivity contribution < 1.29 is 19.7 Å². The number of methoxy groups -OCH3 is 2. The van der Waals surface area contributed by atoms with Gasteiger partial charge in [0.05, 0.1) is 47.4 Å². The van der Waals surface area contributed by atoms with E-state index in [9.17, 15) is 10.2 Å². The second-order valence-corrected chi connectivity index (χ2v) is 13.4. The number of aliphatic hydroxyl groups is 2. The Bertz CT molecular complexity index is 1720. The van der Waals surface area contributed by atoms with Gasteiger partial charge in [-0.1, -0.05) is 47.5 Å². The summed E-state index contributed by atoms with van der Waals surface area (Å²) in [7, 11) is 3.29. The molecule has 0 bridgehead atoms. The maximum Gasteiger partial charge on any atom is 0.218 e. The van der Waals surface area contributed by atoms with Gasteiger partial charge < -0.3 is 25.0 Å². The molecule has 0 unspecified atom stereocenters. The van der Waals surface area contributed by atoms with Crippen LogP contribution in [0.5, 0.6) is 11.6 Å². The predicted molar refractivity (Wildman–Crippen MR) is 183 cm³/mol. The van der Waals surface area contributed by atoms with Crippen LogP contribution in [0.1, 0.15) is 43.4 Å². The summed E-state index contributed by atoms with van der Waals surface area (Å²) in [4.78, 5) is 11.7. The number of halogens is 2. The van der Waals surface area contributed by atoms with E-state index in [1.54, 1.807) is 20.4 Å². The van der Waals surface area contributed by atoms with E-state index < -0.39 is 5.60 Å². The molecule has 2 aromatic heterocycles. The molecule has 1 fully saturated rings. The maximum atomic E-state index is 10.0. The van der Waals surface area contributed by atoms with Crippen molar-refractivity contribution in [3.05, 3.63) is 81.5 Å². The maximum absolute atomic E-state index is 10.0. The van der Waals surface area contributed by atoms with Gasteiger partial charge in [0.25, 0.3) is 0 Å². The van der Waals surface area contributed by atoms with Crippen LogP contribution in [0.15, 0.2) is 54.7 Å². The lowest BCUT2D eigenvalue weighted by molar-refractivity contribution is -0.0393. The van der Waals surface area contributed by atoms with Crippen molar-refractivity contribution in [1.29, 1.82) is 0 Å². The summed E-state index contributed by atoms with van der Waals surface area (Å²) in [5, 5.41) is 24.4. The summed E-state index contributed by atoms with van der Waals surface area (Å²) < 4.78 is 11.5. The molecule has 1 aliphatic heterocycles. The van der Waals surface area contributed by atoms with Gasteiger partial charge in [-0.15, -0.1) is 0 Å². The van der Waals surface area contributed by atoms with Gasteiger partial charge in [-0.05, 0) is 62.9 Å². The lowest BCUT2D eigenvalue weighted by atomic mass is 9.77. The summed E-state index contributed by atoms with van der Waals surface area (Å²) in [6.07, 6.45) is 3.66. The van der Waals surface area contributed by atoms with Gasteiger partial charge in [0.15, 0.2) is 0 Å². The van der Waals surface area contributed by atoms with Crippen LogP contribution >= 0.6 is 23.2 Å². The van der Waals surface area contributed by atoms with Gasteiger partial charge in [0, 0.05) is 71.8 Å². The number of aliphatic hydroxyl groups excluding tert-OH is 1. The Kier molecular flexibility index (Phi) is 9.57. The van der Waals surface area contributed by atoms with Gasteiger partial charge in [-0.3, -0.25) is 9.88 Å². The molecule has 1 saturated carbocycles. The van der Waals surface area contributed by atoms with Gasteiger partial charge in [-0.25, -0.2) is 4.98 Å². The molecule has 242 valence electrons. The number of hydrogen-bond donors (Lipinski definition) is 3. The summed E-state index contributed by atoms with van der Waals surface area (Å²) in [6, 6.07) is 16.1. The van der Waals surface area contributed by atoms with Gasteiger partial charge in [0.2, 0.25) is 5.88 Å². The van der Waals surface area contributed by atoms with E-state index in [0.29, 0.717) is 46.9 Å². The average Bonchev–Trinajstić information content (AvgIpc) is 3.02. The van der Waals surface area contributed by atoms with Crippen LogP contribution in [0.2, 0.25) is 10.0 Å². The molecule has 10 heteroatoms. The van der Waals surface area contributed by atoms with Crippen molar-refractivity contribution in [1.82, 2.24) is 20.2 Å². The zero-order chi connectivity index (χ0) is 32.6. The van der Waals surface area contributed by atoms with Crippen molar-refractivity contribution in [2.45, 2.75) is 63.9 Å². The molecule has 2 aliphatic rings. The second-order valence-electron chi connectivity index (χ2n) is 12.7. The number of rotatable bonds is 10. The van der Waals surface area contributed by atoms with Gasteiger partial charge in [0.1, 0.15) is 5.75 Å². The third-order valence-electron chi connectivity index (χ3n) is 8.94. The molecule has 6 rings (SSSR count). The quantitative estimate of drug-likeness (QED) is 0.176. The van der Waals surface area contributed by atoms with E-state index >= 15 is 0 Å². The van der Waals surface area contributed by atoms with Crippen LogP contribution in [0.3, 0.4) is 0 Å². The third-order valence-corrected chi connectivity index (χ3v) is 9.73. The molecule has 1 aliphatic carbocycles.